The second-order valence-corrected chi connectivity index (χ2v) is 11.5. The Kier molecular flexibility index (Phi) is 10.9. The molecule has 2 amide bonds. The van der Waals surface area contributed by atoms with Gasteiger partial charge in [0.1, 0.15) is 6.04 Å². The summed E-state index contributed by atoms with van der Waals surface area (Å²) in [5.41, 5.74) is 1.73. The smallest absolute Gasteiger partial charge is 0.243 e. The van der Waals surface area contributed by atoms with Crippen molar-refractivity contribution in [1.29, 1.82) is 0 Å². The van der Waals surface area contributed by atoms with E-state index in [0.29, 0.717) is 24.4 Å². The summed E-state index contributed by atoms with van der Waals surface area (Å²) < 4.78 is 27.0. The fraction of sp³-hybridized carbons (Fsp3) is 0.310. The van der Waals surface area contributed by atoms with Crippen molar-refractivity contribution in [2.75, 3.05) is 20.1 Å². The van der Waals surface area contributed by atoms with Crippen LogP contribution in [0.4, 0.5) is 0 Å². The number of benzene rings is 3. The topological polar surface area (TPSA) is 86.8 Å². The first-order valence-electron chi connectivity index (χ1n) is 12.6. The summed E-state index contributed by atoms with van der Waals surface area (Å²) in [6, 6.07) is 24.2. The minimum atomic E-state index is -3.66. The number of sulfonamides is 1. The highest BCUT2D eigenvalue weighted by atomic mass is 35.5. The van der Waals surface area contributed by atoms with E-state index >= 15 is 0 Å². The van der Waals surface area contributed by atoms with Gasteiger partial charge in [0.05, 0.1) is 4.90 Å². The van der Waals surface area contributed by atoms with Gasteiger partial charge in [-0.25, -0.2) is 12.7 Å². The standard InChI is InChI=1S/C29H34ClN3O4S/c1-3-31-29(35)27(21-23-12-6-4-7-13-23)33(22-24-14-10-15-25(30)20-24)28(34)18-11-19-32(2)38(36,37)26-16-8-5-9-17-26/h4-10,12-17,20,27H,3,11,18-19,21-22H2,1-2H3,(H,31,35)/t27-/m0/s1. The number of nitrogens with one attached hydrogen (secondary N) is 1. The number of likely N-dealkylation sites (N-methyl/N-ethyl adjacent to an activating group) is 1. The lowest BCUT2D eigenvalue weighted by Gasteiger charge is -2.32. The van der Waals surface area contributed by atoms with E-state index in [9.17, 15) is 18.0 Å². The lowest BCUT2D eigenvalue weighted by atomic mass is 10.0. The lowest BCUT2D eigenvalue weighted by Crippen LogP contribution is -2.50. The van der Waals surface area contributed by atoms with Crippen LogP contribution in [0.2, 0.25) is 5.02 Å². The first-order chi connectivity index (χ1) is 18.2. The molecule has 202 valence electrons. The van der Waals surface area contributed by atoms with Gasteiger partial charge in [0.25, 0.3) is 0 Å². The van der Waals surface area contributed by atoms with Crippen LogP contribution in [-0.4, -0.2) is 55.6 Å². The minimum absolute atomic E-state index is 0.0832. The van der Waals surface area contributed by atoms with Gasteiger partial charge in [-0.2, -0.15) is 0 Å². The molecule has 0 saturated heterocycles. The second-order valence-electron chi connectivity index (χ2n) is 8.99. The molecule has 0 aliphatic carbocycles. The van der Waals surface area contributed by atoms with Gasteiger partial charge < -0.3 is 10.2 Å². The summed E-state index contributed by atoms with van der Waals surface area (Å²) in [7, 11) is -2.16. The zero-order valence-electron chi connectivity index (χ0n) is 21.7. The highest BCUT2D eigenvalue weighted by Crippen LogP contribution is 2.19. The number of hydrogen-bond donors (Lipinski definition) is 1. The average molecular weight is 556 g/mol. The molecule has 0 bridgehead atoms. The molecule has 0 aliphatic rings. The third-order valence-corrected chi connectivity index (χ3v) is 8.29. The molecular formula is C29H34ClN3O4S. The number of carbonyl (C=O) groups excluding carboxylic acids is 2. The fourth-order valence-electron chi connectivity index (χ4n) is 4.17. The summed E-state index contributed by atoms with van der Waals surface area (Å²) in [5.74, 6) is -0.474. The quantitative estimate of drug-likeness (QED) is 0.336. The van der Waals surface area contributed by atoms with E-state index in [4.69, 9.17) is 11.6 Å². The van der Waals surface area contributed by atoms with Crippen LogP contribution in [0.5, 0.6) is 0 Å². The van der Waals surface area contributed by atoms with Gasteiger partial charge in [-0.1, -0.05) is 72.3 Å². The van der Waals surface area contributed by atoms with Crippen molar-refractivity contribution in [2.45, 2.75) is 43.7 Å². The first-order valence-corrected chi connectivity index (χ1v) is 14.4. The van der Waals surface area contributed by atoms with E-state index in [2.05, 4.69) is 5.32 Å². The van der Waals surface area contributed by atoms with Crippen molar-refractivity contribution >= 4 is 33.4 Å². The fourth-order valence-corrected chi connectivity index (χ4v) is 5.61. The number of nitrogens with zero attached hydrogens (tertiary/aromatic N) is 2. The maximum absolute atomic E-state index is 13.6. The molecular weight excluding hydrogens is 522 g/mol. The number of hydrogen-bond acceptors (Lipinski definition) is 4. The van der Waals surface area contributed by atoms with Gasteiger partial charge in [-0.15, -0.1) is 0 Å². The second kappa shape index (κ2) is 14.1. The van der Waals surface area contributed by atoms with Crippen molar-refractivity contribution < 1.29 is 18.0 Å². The Hall–Kier alpha value is -3.20. The normalized spacial score (nSPS) is 12.2. The molecule has 0 unspecified atom stereocenters. The molecule has 38 heavy (non-hydrogen) atoms. The van der Waals surface area contributed by atoms with Crippen molar-refractivity contribution in [2.24, 2.45) is 0 Å². The van der Waals surface area contributed by atoms with E-state index in [1.54, 1.807) is 47.4 Å². The van der Waals surface area contributed by atoms with Gasteiger partial charge in [-0.05, 0) is 48.7 Å². The lowest BCUT2D eigenvalue weighted by molar-refractivity contribution is -0.141. The summed E-state index contributed by atoms with van der Waals surface area (Å²) in [6.07, 6.45) is 0.738. The predicted molar refractivity (Wildman–Crippen MR) is 150 cm³/mol. The van der Waals surface area contributed by atoms with Gasteiger partial charge in [0.15, 0.2) is 0 Å². The summed E-state index contributed by atoms with van der Waals surface area (Å²) >= 11 is 6.20. The number of halogens is 1. The van der Waals surface area contributed by atoms with Crippen LogP contribution in [0, 0.1) is 0 Å². The summed E-state index contributed by atoms with van der Waals surface area (Å²) in [4.78, 5) is 28.6. The SMILES string of the molecule is CCNC(=O)[C@H](Cc1ccccc1)N(Cc1cccc(Cl)c1)C(=O)CCCN(C)S(=O)(=O)c1ccccc1. The van der Waals surface area contributed by atoms with Crippen molar-refractivity contribution in [3.05, 3.63) is 101 Å². The predicted octanol–water partition coefficient (Wildman–Crippen LogP) is 4.52. The van der Waals surface area contributed by atoms with Crippen molar-refractivity contribution in [1.82, 2.24) is 14.5 Å². The Balaban J connectivity index is 1.80. The average Bonchev–Trinajstić information content (AvgIpc) is 2.91. The van der Waals surface area contributed by atoms with Crippen LogP contribution in [0.15, 0.2) is 89.8 Å². The summed E-state index contributed by atoms with van der Waals surface area (Å²) in [5, 5.41) is 3.41. The van der Waals surface area contributed by atoms with Crippen LogP contribution in [0.1, 0.15) is 30.9 Å². The molecule has 7 nitrogen and oxygen atoms in total. The van der Waals surface area contributed by atoms with Crippen LogP contribution in [0.3, 0.4) is 0 Å². The molecule has 0 fully saturated rings. The maximum atomic E-state index is 13.6. The van der Waals surface area contributed by atoms with Crippen molar-refractivity contribution in [3.63, 3.8) is 0 Å². The Morgan fingerprint density at radius 1 is 0.921 bits per heavy atom. The molecule has 0 saturated carbocycles. The highest BCUT2D eigenvalue weighted by molar-refractivity contribution is 7.89. The first kappa shape index (κ1) is 29.4. The van der Waals surface area contributed by atoms with Crippen LogP contribution in [0.25, 0.3) is 0 Å². The highest BCUT2D eigenvalue weighted by Gasteiger charge is 2.30. The molecule has 0 radical (unpaired) electrons. The Morgan fingerprint density at radius 2 is 1.55 bits per heavy atom. The van der Waals surface area contributed by atoms with Crippen LogP contribution >= 0.6 is 11.6 Å². The zero-order valence-corrected chi connectivity index (χ0v) is 23.3. The zero-order chi connectivity index (χ0) is 27.5. The molecule has 1 atom stereocenters. The van der Waals surface area contributed by atoms with Gasteiger partial charge in [0, 0.05) is 44.5 Å². The van der Waals surface area contributed by atoms with E-state index in [-0.39, 0.29) is 36.2 Å². The van der Waals surface area contributed by atoms with E-state index < -0.39 is 16.1 Å². The van der Waals surface area contributed by atoms with E-state index in [0.717, 1.165) is 11.1 Å². The number of amides is 2. The molecule has 3 aromatic rings. The van der Waals surface area contributed by atoms with Gasteiger partial charge in [0.2, 0.25) is 21.8 Å². The molecule has 0 aromatic heterocycles. The monoisotopic (exact) mass is 555 g/mol. The van der Waals surface area contributed by atoms with E-state index in [1.165, 1.54) is 11.4 Å². The van der Waals surface area contributed by atoms with Crippen molar-refractivity contribution in [3.8, 4) is 0 Å². The van der Waals surface area contributed by atoms with E-state index in [1.807, 2.05) is 49.4 Å². The molecule has 0 aliphatic heterocycles. The molecule has 3 rings (SSSR count). The summed E-state index contributed by atoms with van der Waals surface area (Å²) in [6.45, 7) is 2.64. The van der Waals surface area contributed by atoms with Crippen LogP contribution < -0.4 is 5.32 Å². The molecule has 3 aromatic carbocycles. The van der Waals surface area contributed by atoms with Crippen LogP contribution in [-0.2, 0) is 32.6 Å². The third-order valence-electron chi connectivity index (χ3n) is 6.18. The molecule has 9 heteroatoms. The largest absolute Gasteiger partial charge is 0.355 e. The number of rotatable bonds is 13. The number of carbonyl (C=O) groups is 2. The third kappa shape index (κ3) is 8.15. The van der Waals surface area contributed by atoms with Gasteiger partial charge >= 0.3 is 0 Å². The Labute approximate surface area is 230 Å². The molecule has 1 N–H and O–H groups in total. The minimum Gasteiger partial charge on any atom is -0.355 e. The Morgan fingerprint density at radius 3 is 2.18 bits per heavy atom. The van der Waals surface area contributed by atoms with Gasteiger partial charge in [-0.3, -0.25) is 9.59 Å². The Bertz CT molecular complexity index is 1300. The maximum Gasteiger partial charge on any atom is 0.243 e. The molecule has 0 heterocycles. The molecule has 0 spiro atoms.